The van der Waals surface area contributed by atoms with Crippen molar-refractivity contribution in [2.75, 3.05) is 7.05 Å². The highest BCUT2D eigenvalue weighted by atomic mass is 14.9. The number of hydrogen-bond donors (Lipinski definition) is 2. The molecule has 0 radical (unpaired) electrons. The molecule has 2 saturated carbocycles. The van der Waals surface area contributed by atoms with Crippen LogP contribution in [0.25, 0.3) is 0 Å². The zero-order chi connectivity index (χ0) is 12.1. The van der Waals surface area contributed by atoms with Crippen LogP contribution in [0.4, 0.5) is 0 Å². The van der Waals surface area contributed by atoms with Crippen molar-refractivity contribution in [3.05, 3.63) is 12.2 Å². The van der Waals surface area contributed by atoms with Gasteiger partial charge in [-0.05, 0) is 70.3 Å². The SMILES string of the molecule is CNC1CCC(/C=C/C2CCC(N)CC2)CC1. The molecule has 0 unspecified atom stereocenters. The molecule has 0 aromatic heterocycles. The first-order valence-corrected chi connectivity index (χ1v) is 7.39. The maximum absolute atomic E-state index is 5.94. The van der Waals surface area contributed by atoms with E-state index in [1.165, 1.54) is 51.4 Å². The fraction of sp³-hybridized carbons (Fsp3) is 0.867. The van der Waals surface area contributed by atoms with E-state index in [0.29, 0.717) is 6.04 Å². The van der Waals surface area contributed by atoms with Crippen molar-refractivity contribution < 1.29 is 0 Å². The number of rotatable bonds is 3. The molecule has 2 heteroatoms. The van der Waals surface area contributed by atoms with Gasteiger partial charge in [0.05, 0.1) is 0 Å². The van der Waals surface area contributed by atoms with Gasteiger partial charge in [-0.3, -0.25) is 0 Å². The second-order valence-electron chi connectivity index (χ2n) is 5.96. The van der Waals surface area contributed by atoms with E-state index < -0.39 is 0 Å². The predicted octanol–water partition coefficient (Wildman–Crippen LogP) is 2.84. The van der Waals surface area contributed by atoms with Crippen LogP contribution in [0.15, 0.2) is 12.2 Å². The molecule has 3 N–H and O–H groups in total. The van der Waals surface area contributed by atoms with Gasteiger partial charge in [0.1, 0.15) is 0 Å². The second kappa shape index (κ2) is 6.55. The van der Waals surface area contributed by atoms with Crippen molar-refractivity contribution in [1.82, 2.24) is 5.32 Å². The molecule has 98 valence electrons. The molecule has 0 bridgehead atoms. The minimum Gasteiger partial charge on any atom is -0.328 e. The Hall–Kier alpha value is -0.340. The summed E-state index contributed by atoms with van der Waals surface area (Å²) in [6.45, 7) is 0. The van der Waals surface area contributed by atoms with Crippen molar-refractivity contribution in [1.29, 1.82) is 0 Å². The van der Waals surface area contributed by atoms with E-state index in [1.807, 2.05) is 0 Å². The standard InChI is InChI=1S/C15H28N2/c1-17-15-10-6-13(7-11-15)3-2-12-4-8-14(16)9-5-12/h2-3,12-15,17H,4-11,16H2,1H3/b3-2+. The lowest BCUT2D eigenvalue weighted by atomic mass is 9.82. The third-order valence-electron chi connectivity index (χ3n) is 4.65. The molecule has 17 heavy (non-hydrogen) atoms. The van der Waals surface area contributed by atoms with E-state index in [1.54, 1.807) is 0 Å². The molecule has 2 fully saturated rings. The molecule has 2 nitrogen and oxygen atoms in total. The van der Waals surface area contributed by atoms with Crippen LogP contribution in [0.5, 0.6) is 0 Å². The fourth-order valence-corrected chi connectivity index (χ4v) is 3.25. The molecule has 0 saturated heterocycles. The molecule has 0 amide bonds. The van der Waals surface area contributed by atoms with Crippen molar-refractivity contribution in [2.24, 2.45) is 17.6 Å². The Balaban J connectivity index is 1.70. The average molecular weight is 236 g/mol. The fourth-order valence-electron chi connectivity index (χ4n) is 3.25. The summed E-state index contributed by atoms with van der Waals surface area (Å²) in [4.78, 5) is 0. The Kier molecular flexibility index (Phi) is 5.05. The summed E-state index contributed by atoms with van der Waals surface area (Å²) >= 11 is 0. The molecule has 2 rings (SSSR count). The Morgan fingerprint density at radius 2 is 1.29 bits per heavy atom. The first-order chi connectivity index (χ1) is 8.28. The summed E-state index contributed by atoms with van der Waals surface area (Å²) in [7, 11) is 2.09. The molecule has 2 aliphatic carbocycles. The van der Waals surface area contributed by atoms with Crippen LogP contribution in [0.2, 0.25) is 0 Å². The van der Waals surface area contributed by atoms with E-state index in [2.05, 4.69) is 24.5 Å². The third-order valence-corrected chi connectivity index (χ3v) is 4.65. The van der Waals surface area contributed by atoms with Gasteiger partial charge in [0.15, 0.2) is 0 Å². The molecular weight excluding hydrogens is 208 g/mol. The van der Waals surface area contributed by atoms with Crippen LogP contribution < -0.4 is 11.1 Å². The number of hydrogen-bond acceptors (Lipinski definition) is 2. The van der Waals surface area contributed by atoms with Crippen molar-refractivity contribution in [3.8, 4) is 0 Å². The maximum Gasteiger partial charge on any atom is 0.00644 e. The Morgan fingerprint density at radius 1 is 0.824 bits per heavy atom. The number of nitrogens with two attached hydrogens (primary N) is 1. The largest absolute Gasteiger partial charge is 0.328 e. The summed E-state index contributed by atoms with van der Waals surface area (Å²) in [6.07, 6.45) is 15.5. The van der Waals surface area contributed by atoms with Gasteiger partial charge >= 0.3 is 0 Å². The van der Waals surface area contributed by atoms with Gasteiger partial charge in [-0.1, -0.05) is 12.2 Å². The normalized spacial score (nSPS) is 39.6. The summed E-state index contributed by atoms with van der Waals surface area (Å²) in [5.74, 6) is 1.66. The number of nitrogens with one attached hydrogen (secondary N) is 1. The Bertz CT molecular complexity index is 233. The monoisotopic (exact) mass is 236 g/mol. The zero-order valence-corrected chi connectivity index (χ0v) is 11.2. The molecular formula is C15H28N2. The molecule has 0 atom stereocenters. The van der Waals surface area contributed by atoms with E-state index >= 15 is 0 Å². The highest BCUT2D eigenvalue weighted by Gasteiger charge is 2.19. The number of allylic oxidation sites excluding steroid dienone is 2. The Morgan fingerprint density at radius 3 is 1.76 bits per heavy atom. The third kappa shape index (κ3) is 4.11. The molecule has 0 aromatic rings. The quantitative estimate of drug-likeness (QED) is 0.740. The van der Waals surface area contributed by atoms with Crippen molar-refractivity contribution in [3.63, 3.8) is 0 Å². The summed E-state index contributed by atoms with van der Waals surface area (Å²) in [5, 5.41) is 3.40. The van der Waals surface area contributed by atoms with E-state index in [0.717, 1.165) is 17.9 Å². The minimum atomic E-state index is 0.478. The molecule has 0 spiro atoms. The summed E-state index contributed by atoms with van der Waals surface area (Å²) < 4.78 is 0. The lowest BCUT2D eigenvalue weighted by molar-refractivity contribution is 0.337. The highest BCUT2D eigenvalue weighted by molar-refractivity contribution is 4.97. The summed E-state index contributed by atoms with van der Waals surface area (Å²) in [5.41, 5.74) is 5.94. The van der Waals surface area contributed by atoms with Crippen LogP contribution in [0, 0.1) is 11.8 Å². The summed E-state index contributed by atoms with van der Waals surface area (Å²) in [6, 6.07) is 1.25. The maximum atomic E-state index is 5.94. The van der Waals surface area contributed by atoms with Gasteiger partial charge < -0.3 is 11.1 Å². The average Bonchev–Trinajstić information content (AvgIpc) is 2.39. The van der Waals surface area contributed by atoms with Crippen LogP contribution in [-0.4, -0.2) is 19.1 Å². The van der Waals surface area contributed by atoms with Crippen molar-refractivity contribution in [2.45, 2.75) is 63.5 Å². The molecule has 2 aliphatic rings. The lowest BCUT2D eigenvalue weighted by Crippen LogP contribution is -2.29. The molecule has 0 heterocycles. The van der Waals surface area contributed by atoms with Crippen molar-refractivity contribution >= 4 is 0 Å². The van der Waals surface area contributed by atoms with E-state index in [-0.39, 0.29) is 0 Å². The zero-order valence-electron chi connectivity index (χ0n) is 11.2. The molecule has 0 aliphatic heterocycles. The van der Waals surface area contributed by atoms with Crippen LogP contribution >= 0.6 is 0 Å². The molecule has 0 aromatic carbocycles. The first kappa shape index (κ1) is 13.1. The van der Waals surface area contributed by atoms with E-state index in [4.69, 9.17) is 5.73 Å². The van der Waals surface area contributed by atoms with Gasteiger partial charge in [-0.15, -0.1) is 0 Å². The van der Waals surface area contributed by atoms with Crippen LogP contribution in [0.3, 0.4) is 0 Å². The minimum absolute atomic E-state index is 0.478. The van der Waals surface area contributed by atoms with Gasteiger partial charge in [-0.25, -0.2) is 0 Å². The second-order valence-corrected chi connectivity index (χ2v) is 5.96. The van der Waals surface area contributed by atoms with E-state index in [9.17, 15) is 0 Å². The van der Waals surface area contributed by atoms with Gasteiger partial charge in [-0.2, -0.15) is 0 Å². The predicted molar refractivity (Wildman–Crippen MR) is 73.9 cm³/mol. The highest BCUT2D eigenvalue weighted by Crippen LogP contribution is 2.28. The Labute approximate surface area is 106 Å². The van der Waals surface area contributed by atoms with Crippen LogP contribution in [-0.2, 0) is 0 Å². The van der Waals surface area contributed by atoms with Gasteiger partial charge in [0.2, 0.25) is 0 Å². The topological polar surface area (TPSA) is 38.0 Å². The lowest BCUT2D eigenvalue weighted by Gasteiger charge is -2.27. The van der Waals surface area contributed by atoms with Gasteiger partial charge in [0, 0.05) is 12.1 Å². The smallest absolute Gasteiger partial charge is 0.00644 e. The van der Waals surface area contributed by atoms with Gasteiger partial charge in [0.25, 0.3) is 0 Å². The van der Waals surface area contributed by atoms with Crippen LogP contribution in [0.1, 0.15) is 51.4 Å². The first-order valence-electron chi connectivity index (χ1n) is 7.39.